The fourth-order valence-corrected chi connectivity index (χ4v) is 11.3. The summed E-state index contributed by atoms with van der Waals surface area (Å²) in [7, 11) is -0.441. The van der Waals surface area contributed by atoms with Gasteiger partial charge in [-0.15, -0.1) is 0 Å². The summed E-state index contributed by atoms with van der Waals surface area (Å²) in [6, 6.07) is 15.0. The van der Waals surface area contributed by atoms with Crippen molar-refractivity contribution in [3.8, 4) is 11.1 Å². The van der Waals surface area contributed by atoms with Gasteiger partial charge in [0.1, 0.15) is 0 Å². The lowest BCUT2D eigenvalue weighted by molar-refractivity contribution is 0.396. The summed E-state index contributed by atoms with van der Waals surface area (Å²) in [5.41, 5.74) is 17.5. The first-order chi connectivity index (χ1) is 25.5. The Hall–Kier alpha value is -1.64. The van der Waals surface area contributed by atoms with E-state index in [1.54, 1.807) is 33.4 Å². The van der Waals surface area contributed by atoms with E-state index in [1.165, 1.54) is 173 Å². The molecule has 0 heterocycles. The van der Waals surface area contributed by atoms with Crippen LogP contribution in [0.3, 0.4) is 0 Å². The van der Waals surface area contributed by atoms with Crippen molar-refractivity contribution in [1.82, 2.24) is 0 Å². The van der Waals surface area contributed by atoms with Crippen molar-refractivity contribution in [3.63, 3.8) is 0 Å². The third kappa shape index (κ3) is 15.4. The van der Waals surface area contributed by atoms with Gasteiger partial charge in [0.15, 0.2) is 0 Å². The van der Waals surface area contributed by atoms with Crippen LogP contribution in [-0.2, 0) is 5.41 Å². The highest BCUT2D eigenvalue weighted by atomic mass is 28.3. The fraction of sp³-hybridized carbons (Fsp3) is 0.725. The van der Waals surface area contributed by atoms with Crippen molar-refractivity contribution in [1.29, 1.82) is 0 Å². The average Bonchev–Trinajstić information content (AvgIpc) is 3.58. The molecule has 0 spiro atoms. The molecule has 2 N–H and O–H groups in total. The normalized spacial score (nSPS) is 15.6. The van der Waals surface area contributed by atoms with Crippen LogP contribution in [0.1, 0.15) is 236 Å². The van der Waals surface area contributed by atoms with Crippen LogP contribution in [0.4, 0.5) is 0 Å². The van der Waals surface area contributed by atoms with Gasteiger partial charge in [0.05, 0.1) is 8.80 Å². The zero-order valence-corrected chi connectivity index (χ0v) is 37.6. The first-order valence-corrected chi connectivity index (χ1v) is 25.7. The molecule has 0 bridgehead atoms. The molecule has 2 aliphatic carbocycles. The molecule has 2 heteroatoms. The number of hydrogen-bond donors (Lipinski definition) is 1. The van der Waals surface area contributed by atoms with Crippen LogP contribution in [0.15, 0.2) is 42.0 Å². The SMILES string of the molecule is CC(C)(C)N.CCCCCCCCCCCCCCC1(CCCCCCCCCCCCCC)c2ccccc2-c2cc3c(cc21)C([Si](C)C)C(C)=C3. The second-order valence-corrected chi connectivity index (χ2v) is 21.4. The van der Waals surface area contributed by atoms with Gasteiger partial charge in [-0.25, -0.2) is 0 Å². The number of unbranched alkanes of at least 4 members (excludes halogenated alkanes) is 22. The molecule has 0 fully saturated rings. The predicted octanol–water partition coefficient (Wildman–Crippen LogP) is 16.7. The van der Waals surface area contributed by atoms with E-state index in [0.29, 0.717) is 5.54 Å². The Morgan fingerprint density at radius 2 is 0.962 bits per heavy atom. The number of benzene rings is 2. The summed E-state index contributed by atoms with van der Waals surface area (Å²) in [4.78, 5) is 0. The van der Waals surface area contributed by atoms with Crippen LogP contribution in [0.5, 0.6) is 0 Å². The summed E-state index contributed by atoms with van der Waals surface area (Å²) in [6.07, 6.45) is 39.4. The van der Waals surface area contributed by atoms with Gasteiger partial charge in [-0.2, -0.15) is 0 Å². The second-order valence-electron chi connectivity index (χ2n) is 18.7. The molecule has 53 heavy (non-hydrogen) atoms. The van der Waals surface area contributed by atoms with E-state index in [4.69, 9.17) is 5.73 Å². The zero-order chi connectivity index (χ0) is 38.5. The monoisotopic (exact) mass is 741 g/mol. The molecule has 299 valence electrons. The fourth-order valence-electron chi connectivity index (χ4n) is 9.45. The molecule has 1 radical (unpaired) electrons. The summed E-state index contributed by atoms with van der Waals surface area (Å²) >= 11 is 0. The van der Waals surface area contributed by atoms with Crippen LogP contribution in [0, 0.1) is 0 Å². The Morgan fingerprint density at radius 3 is 1.38 bits per heavy atom. The smallest absolute Gasteiger partial charge is 0.0551 e. The number of nitrogens with two attached hydrogens (primary N) is 1. The lowest BCUT2D eigenvalue weighted by Crippen LogP contribution is -2.26. The molecule has 4 rings (SSSR count). The highest BCUT2D eigenvalue weighted by Gasteiger charge is 2.43. The Balaban J connectivity index is 0.00000141. The van der Waals surface area contributed by atoms with E-state index in [0.717, 1.165) is 0 Å². The summed E-state index contributed by atoms with van der Waals surface area (Å²) in [6.45, 7) is 18.0. The number of fused-ring (bicyclic) bond motifs is 4. The quantitative estimate of drug-likeness (QED) is 0.0716. The molecular weight excluding hydrogens is 655 g/mol. The molecule has 2 aromatic carbocycles. The van der Waals surface area contributed by atoms with Gasteiger partial charge < -0.3 is 5.73 Å². The van der Waals surface area contributed by atoms with Crippen LogP contribution < -0.4 is 5.73 Å². The standard InChI is InChI=1S/C47H75Si.C4H11N/c1-6-8-10-12-14-16-18-20-22-24-26-30-34-47(35-31-27-25-23-21-19-17-15-13-11-9-7-2)44-33-29-28-32-41(44)43-37-40-36-39(3)46(48(4)5)42(40)38-45(43)47;1-4(2,3)5/h28-29,32-33,36-38,46H,6-27,30-31,34-35H2,1-5H3;5H2,1-3H3. The number of allylic oxidation sites excluding steroid dienone is 1. The minimum Gasteiger partial charge on any atom is -0.326 e. The minimum absolute atomic E-state index is 0. The molecule has 0 amide bonds. The molecule has 2 aromatic rings. The van der Waals surface area contributed by atoms with Crippen LogP contribution in [0.2, 0.25) is 13.1 Å². The van der Waals surface area contributed by atoms with Gasteiger partial charge in [-0.3, -0.25) is 0 Å². The van der Waals surface area contributed by atoms with Crippen LogP contribution in [0.25, 0.3) is 17.2 Å². The summed E-state index contributed by atoms with van der Waals surface area (Å²) in [5.74, 6) is 0. The molecule has 1 atom stereocenters. The molecule has 1 nitrogen and oxygen atoms in total. The van der Waals surface area contributed by atoms with E-state index >= 15 is 0 Å². The number of hydrogen-bond acceptors (Lipinski definition) is 1. The average molecular weight is 741 g/mol. The molecule has 0 saturated heterocycles. The van der Waals surface area contributed by atoms with Crippen molar-refractivity contribution in [2.75, 3.05) is 0 Å². The predicted molar refractivity (Wildman–Crippen MR) is 242 cm³/mol. The van der Waals surface area contributed by atoms with Gasteiger partial charge >= 0.3 is 0 Å². The molecular formula is C51H86NSi. The third-order valence-corrected chi connectivity index (χ3v) is 14.0. The van der Waals surface area contributed by atoms with E-state index in [1.807, 2.05) is 20.8 Å². The van der Waals surface area contributed by atoms with Crippen molar-refractivity contribution in [3.05, 3.63) is 64.2 Å². The Labute approximate surface area is 332 Å². The van der Waals surface area contributed by atoms with Crippen molar-refractivity contribution < 1.29 is 0 Å². The lowest BCUT2D eigenvalue weighted by atomic mass is 9.70. The largest absolute Gasteiger partial charge is 0.326 e. The van der Waals surface area contributed by atoms with Gasteiger partial charge in [0.25, 0.3) is 0 Å². The second kappa shape index (κ2) is 24.8. The topological polar surface area (TPSA) is 26.0 Å². The summed E-state index contributed by atoms with van der Waals surface area (Å²) < 4.78 is 0. The highest BCUT2D eigenvalue weighted by molar-refractivity contribution is 6.58. The maximum atomic E-state index is 5.35. The Morgan fingerprint density at radius 1 is 0.566 bits per heavy atom. The first-order valence-electron chi connectivity index (χ1n) is 23.1. The van der Waals surface area contributed by atoms with E-state index < -0.39 is 8.80 Å². The third-order valence-electron chi connectivity index (χ3n) is 12.1. The van der Waals surface area contributed by atoms with Crippen LogP contribution in [-0.4, -0.2) is 14.3 Å². The lowest BCUT2D eigenvalue weighted by Gasteiger charge is -2.33. The summed E-state index contributed by atoms with van der Waals surface area (Å²) in [5, 5.41) is 0. The highest BCUT2D eigenvalue weighted by Crippen LogP contribution is 2.56. The maximum absolute atomic E-state index is 5.35. The van der Waals surface area contributed by atoms with E-state index in [9.17, 15) is 0 Å². The van der Waals surface area contributed by atoms with E-state index in [-0.39, 0.29) is 11.0 Å². The maximum Gasteiger partial charge on any atom is 0.0551 e. The Kier molecular flexibility index (Phi) is 21.4. The van der Waals surface area contributed by atoms with Gasteiger partial charge in [-0.1, -0.05) is 223 Å². The molecule has 2 aliphatic rings. The van der Waals surface area contributed by atoms with E-state index in [2.05, 4.69) is 76.3 Å². The van der Waals surface area contributed by atoms with Crippen LogP contribution >= 0.6 is 0 Å². The van der Waals surface area contributed by atoms with Gasteiger partial charge in [-0.05, 0) is 85.5 Å². The van der Waals surface area contributed by atoms with Gasteiger partial charge in [0, 0.05) is 11.0 Å². The minimum atomic E-state index is -0.441. The van der Waals surface area contributed by atoms with Crippen molar-refractivity contribution in [2.24, 2.45) is 5.73 Å². The first kappa shape index (κ1) is 45.7. The number of rotatable bonds is 27. The Bertz CT molecular complexity index is 1280. The van der Waals surface area contributed by atoms with Crippen molar-refractivity contribution in [2.45, 2.75) is 238 Å². The van der Waals surface area contributed by atoms with Gasteiger partial charge in [0.2, 0.25) is 0 Å². The van der Waals surface area contributed by atoms with Crippen molar-refractivity contribution >= 4 is 14.9 Å². The molecule has 1 unspecified atom stereocenters. The zero-order valence-electron chi connectivity index (χ0n) is 36.6. The molecule has 0 saturated carbocycles. The molecule has 0 aliphatic heterocycles. The molecule has 0 aromatic heterocycles.